The molecule has 7 heteroatoms. The Kier molecular flexibility index (Phi) is 4.14. The van der Waals surface area contributed by atoms with Crippen LogP contribution in [0.2, 0.25) is 10.0 Å². The summed E-state index contributed by atoms with van der Waals surface area (Å²) in [6.45, 7) is 0. The molecule has 0 aliphatic heterocycles. The van der Waals surface area contributed by atoms with Gasteiger partial charge in [-0.2, -0.15) is 0 Å². The van der Waals surface area contributed by atoms with Crippen LogP contribution in [0.4, 0.5) is 0 Å². The van der Waals surface area contributed by atoms with E-state index in [-0.39, 0.29) is 5.69 Å². The van der Waals surface area contributed by atoms with E-state index in [4.69, 9.17) is 27.7 Å². The number of aromatic nitrogens is 1. The average Bonchev–Trinajstić information content (AvgIpc) is 2.74. The number of carbonyl (C=O) groups excluding carboxylic acids is 1. The summed E-state index contributed by atoms with van der Waals surface area (Å²) in [7, 11) is 1.28. The quantitative estimate of drug-likeness (QED) is 0.566. The molecule has 0 atom stereocenters. The number of esters is 1. The van der Waals surface area contributed by atoms with Gasteiger partial charge >= 0.3 is 5.97 Å². The van der Waals surface area contributed by atoms with Gasteiger partial charge in [-0.15, -0.1) is 0 Å². The number of nitrogens with zero attached hydrogens (tertiary/aromatic N) is 1. The largest absolute Gasteiger partial charge is 0.464 e. The van der Waals surface area contributed by atoms with E-state index in [0.717, 1.165) is 0 Å². The Balaban J connectivity index is 2.48. The van der Waals surface area contributed by atoms with Gasteiger partial charge in [0.15, 0.2) is 5.76 Å². The minimum absolute atomic E-state index is 0.138. The van der Waals surface area contributed by atoms with Crippen LogP contribution in [0, 0.1) is 3.57 Å². The van der Waals surface area contributed by atoms with Gasteiger partial charge in [-0.3, -0.25) is 0 Å². The van der Waals surface area contributed by atoms with Crippen LogP contribution in [0.3, 0.4) is 0 Å². The summed E-state index contributed by atoms with van der Waals surface area (Å²) in [6, 6.07) is 5.03. The summed E-state index contributed by atoms with van der Waals surface area (Å²) < 4.78 is 10.3. The smallest absolute Gasteiger partial charge is 0.361 e. The number of methoxy groups -OCH3 is 1. The van der Waals surface area contributed by atoms with Gasteiger partial charge in [-0.25, -0.2) is 4.79 Å². The molecule has 0 amide bonds. The van der Waals surface area contributed by atoms with Gasteiger partial charge in [0.05, 0.1) is 20.7 Å². The van der Waals surface area contributed by atoms with E-state index in [1.807, 2.05) is 22.6 Å². The number of rotatable bonds is 2. The van der Waals surface area contributed by atoms with E-state index in [2.05, 4.69) is 9.89 Å². The number of hydrogen-bond donors (Lipinski definition) is 0. The van der Waals surface area contributed by atoms with Crippen LogP contribution in [0.5, 0.6) is 0 Å². The van der Waals surface area contributed by atoms with Crippen LogP contribution in [0.25, 0.3) is 11.3 Å². The van der Waals surface area contributed by atoms with Crippen molar-refractivity contribution < 1.29 is 14.1 Å². The van der Waals surface area contributed by atoms with Crippen LogP contribution in [-0.2, 0) is 4.74 Å². The second-order valence-corrected chi connectivity index (χ2v) is 5.19. The maximum atomic E-state index is 11.4. The number of hydrogen-bond acceptors (Lipinski definition) is 4. The van der Waals surface area contributed by atoms with Crippen molar-refractivity contribution in [1.29, 1.82) is 0 Å². The third-order valence-corrected chi connectivity index (χ3v) is 3.94. The van der Waals surface area contributed by atoms with Gasteiger partial charge in [0, 0.05) is 5.56 Å². The molecule has 4 nitrogen and oxygen atoms in total. The molecular formula is C11H6Cl2INO3. The van der Waals surface area contributed by atoms with Crippen LogP contribution in [0.1, 0.15) is 10.5 Å². The van der Waals surface area contributed by atoms with E-state index in [9.17, 15) is 4.79 Å². The third-order valence-electron chi connectivity index (χ3n) is 2.20. The zero-order valence-corrected chi connectivity index (χ0v) is 12.7. The molecule has 94 valence electrons. The summed E-state index contributed by atoms with van der Waals surface area (Å²) in [4.78, 5) is 11.4. The van der Waals surface area contributed by atoms with E-state index in [0.29, 0.717) is 24.9 Å². The second kappa shape index (κ2) is 5.46. The molecule has 0 N–H and O–H groups in total. The number of halogens is 3. The number of benzene rings is 1. The Labute approximate surface area is 126 Å². The van der Waals surface area contributed by atoms with Crippen LogP contribution < -0.4 is 0 Å². The maximum Gasteiger partial charge on any atom is 0.361 e. The first-order chi connectivity index (χ1) is 8.54. The van der Waals surface area contributed by atoms with Gasteiger partial charge in [0.1, 0.15) is 0 Å². The molecule has 0 aliphatic carbocycles. The lowest BCUT2D eigenvalue weighted by Gasteiger charge is -1.99. The lowest BCUT2D eigenvalue weighted by Crippen LogP contribution is -2.03. The molecule has 0 saturated heterocycles. The Morgan fingerprint density at radius 3 is 2.72 bits per heavy atom. The summed E-state index contributed by atoms with van der Waals surface area (Å²) in [5, 5.41) is 4.53. The molecule has 2 rings (SSSR count). The molecule has 0 radical (unpaired) electrons. The molecule has 1 aromatic carbocycles. The van der Waals surface area contributed by atoms with E-state index >= 15 is 0 Å². The van der Waals surface area contributed by atoms with Crippen molar-refractivity contribution in [3.05, 3.63) is 37.5 Å². The normalized spacial score (nSPS) is 10.4. The van der Waals surface area contributed by atoms with Gasteiger partial charge in [-0.1, -0.05) is 28.4 Å². The van der Waals surface area contributed by atoms with Crippen LogP contribution >= 0.6 is 45.8 Å². The predicted molar refractivity (Wildman–Crippen MR) is 76.0 cm³/mol. The van der Waals surface area contributed by atoms with Crippen molar-refractivity contribution in [2.75, 3.05) is 7.11 Å². The molecule has 0 saturated carbocycles. The topological polar surface area (TPSA) is 52.3 Å². The van der Waals surface area contributed by atoms with Gasteiger partial charge in [0.25, 0.3) is 0 Å². The first-order valence-electron chi connectivity index (χ1n) is 4.73. The third kappa shape index (κ3) is 2.48. The Morgan fingerprint density at radius 1 is 1.39 bits per heavy atom. The zero-order chi connectivity index (χ0) is 13.3. The van der Waals surface area contributed by atoms with Gasteiger partial charge < -0.3 is 9.26 Å². The molecule has 0 unspecified atom stereocenters. The SMILES string of the molecule is COC(=O)c1noc(-c2ccc(Cl)c(Cl)c2)c1I. The van der Waals surface area contributed by atoms with Crippen molar-refractivity contribution in [3.8, 4) is 11.3 Å². The monoisotopic (exact) mass is 397 g/mol. The summed E-state index contributed by atoms with van der Waals surface area (Å²) >= 11 is 13.7. The fourth-order valence-electron chi connectivity index (χ4n) is 1.32. The lowest BCUT2D eigenvalue weighted by atomic mass is 10.1. The van der Waals surface area contributed by atoms with Gasteiger partial charge in [-0.05, 0) is 40.8 Å². The zero-order valence-electron chi connectivity index (χ0n) is 9.04. The lowest BCUT2D eigenvalue weighted by molar-refractivity contribution is 0.0588. The number of carbonyl (C=O) groups is 1. The highest BCUT2D eigenvalue weighted by Crippen LogP contribution is 2.32. The Bertz CT molecular complexity index is 612. The first kappa shape index (κ1) is 13.6. The molecule has 1 aromatic heterocycles. The van der Waals surface area contributed by atoms with Crippen molar-refractivity contribution >= 4 is 51.8 Å². The second-order valence-electron chi connectivity index (χ2n) is 3.29. The van der Waals surface area contributed by atoms with E-state index in [1.165, 1.54) is 7.11 Å². The highest BCUT2D eigenvalue weighted by molar-refractivity contribution is 14.1. The fraction of sp³-hybridized carbons (Fsp3) is 0.0909. The molecule has 18 heavy (non-hydrogen) atoms. The van der Waals surface area contributed by atoms with Crippen molar-refractivity contribution in [2.24, 2.45) is 0 Å². The van der Waals surface area contributed by atoms with E-state index < -0.39 is 5.97 Å². The molecule has 0 aliphatic rings. The van der Waals surface area contributed by atoms with Gasteiger partial charge in [0.2, 0.25) is 5.69 Å². The molecular weight excluding hydrogens is 392 g/mol. The summed E-state index contributed by atoms with van der Waals surface area (Å²) in [5.41, 5.74) is 0.829. The van der Waals surface area contributed by atoms with Crippen molar-refractivity contribution in [1.82, 2.24) is 5.16 Å². The van der Waals surface area contributed by atoms with Crippen LogP contribution in [0.15, 0.2) is 22.7 Å². The molecule has 1 heterocycles. The fourth-order valence-corrected chi connectivity index (χ4v) is 2.35. The average molecular weight is 398 g/mol. The minimum Gasteiger partial charge on any atom is -0.464 e. The standard InChI is InChI=1S/C11H6Cl2INO3/c1-17-11(16)9-8(14)10(18-15-9)5-2-3-6(12)7(13)4-5/h2-4H,1H3. The highest BCUT2D eigenvalue weighted by atomic mass is 127. The Morgan fingerprint density at radius 2 is 2.11 bits per heavy atom. The van der Waals surface area contributed by atoms with Crippen LogP contribution in [-0.4, -0.2) is 18.2 Å². The summed E-state index contributed by atoms with van der Waals surface area (Å²) in [6.07, 6.45) is 0. The molecule has 0 bridgehead atoms. The predicted octanol–water partition coefficient (Wildman–Crippen LogP) is 4.04. The minimum atomic E-state index is -0.547. The molecule has 0 fully saturated rings. The highest BCUT2D eigenvalue weighted by Gasteiger charge is 2.21. The Hall–Kier alpha value is -0.790. The maximum absolute atomic E-state index is 11.4. The summed E-state index contributed by atoms with van der Waals surface area (Å²) in [5.74, 6) is -0.0935. The van der Waals surface area contributed by atoms with Crippen molar-refractivity contribution in [2.45, 2.75) is 0 Å². The van der Waals surface area contributed by atoms with Crippen molar-refractivity contribution in [3.63, 3.8) is 0 Å². The van der Waals surface area contributed by atoms with E-state index in [1.54, 1.807) is 18.2 Å². The molecule has 0 spiro atoms. The molecule has 2 aromatic rings. The number of ether oxygens (including phenoxy) is 1. The first-order valence-corrected chi connectivity index (χ1v) is 6.57.